The molecule has 1 aromatic carbocycles. The van der Waals surface area contributed by atoms with E-state index in [0.717, 1.165) is 24.5 Å². The number of allylic oxidation sites excluding steroid dienone is 1. The van der Waals surface area contributed by atoms with E-state index in [2.05, 4.69) is 43.4 Å². The molecule has 4 fully saturated rings. The van der Waals surface area contributed by atoms with Gasteiger partial charge in [0.1, 0.15) is 0 Å². The highest BCUT2D eigenvalue weighted by atomic mass is 28.3. The van der Waals surface area contributed by atoms with E-state index in [-0.39, 0.29) is 0 Å². The van der Waals surface area contributed by atoms with Gasteiger partial charge < -0.3 is 0 Å². The lowest BCUT2D eigenvalue weighted by Crippen LogP contribution is -2.31. The smallest absolute Gasteiger partial charge is 0.101 e. The average Bonchev–Trinajstić information content (AvgIpc) is 2.64. The topological polar surface area (TPSA) is 0 Å². The molecule has 1 radical (unpaired) electrons. The Balaban J connectivity index is 1.81. The first-order chi connectivity index (χ1) is 10.2. The Morgan fingerprint density at radius 1 is 0.952 bits per heavy atom. The minimum Gasteiger partial charge on any atom is -0.101 e. The first-order valence-corrected chi connectivity index (χ1v) is 11.3. The van der Waals surface area contributed by atoms with Gasteiger partial charge in [-0.3, -0.25) is 0 Å². The van der Waals surface area contributed by atoms with Crippen molar-refractivity contribution in [3.8, 4) is 0 Å². The normalized spacial score (nSPS) is 33.5. The summed E-state index contributed by atoms with van der Waals surface area (Å²) >= 11 is 0. The van der Waals surface area contributed by atoms with Gasteiger partial charge >= 0.3 is 0 Å². The van der Waals surface area contributed by atoms with Crippen LogP contribution in [0.25, 0.3) is 5.20 Å². The fourth-order valence-electron chi connectivity index (χ4n) is 5.62. The van der Waals surface area contributed by atoms with Gasteiger partial charge in [0, 0.05) is 0 Å². The van der Waals surface area contributed by atoms with Crippen LogP contribution in [-0.4, -0.2) is 15.5 Å². The second-order valence-electron chi connectivity index (χ2n) is 7.94. The third-order valence-electron chi connectivity index (χ3n) is 6.12. The molecule has 1 aromatic rings. The maximum absolute atomic E-state index is 2.50. The van der Waals surface area contributed by atoms with Gasteiger partial charge in [-0.25, -0.2) is 0 Å². The average molecular weight is 293 g/mol. The van der Waals surface area contributed by atoms with Crippen molar-refractivity contribution < 1.29 is 0 Å². The van der Waals surface area contributed by atoms with Crippen molar-refractivity contribution in [2.75, 3.05) is 0 Å². The summed E-state index contributed by atoms with van der Waals surface area (Å²) in [6.45, 7) is 5.92. The SMILES string of the molecule is C[Si](C)/C(=C1/CC2C[C@H]3CB1C[C@@H](C2)C3)c1ccccc1. The lowest BCUT2D eigenvalue weighted by molar-refractivity contribution is 0.216. The molecule has 2 heteroatoms. The van der Waals surface area contributed by atoms with Crippen LogP contribution in [0.5, 0.6) is 0 Å². The zero-order chi connectivity index (χ0) is 14.4. The minimum absolute atomic E-state index is 0.401. The standard InChI is InChI=1S/C19H26BSi/c1-21(2)19(17-6-4-3-5-7-17)18-11-14-8-15-10-16(9-14)13-20(18)12-15/h3-7,14-16H,8-13H2,1-2H3/b19-18-/t14?,15-,16+. The summed E-state index contributed by atoms with van der Waals surface area (Å²) in [5.41, 5.74) is 3.43. The van der Waals surface area contributed by atoms with Gasteiger partial charge in [-0.05, 0) is 49.0 Å². The summed E-state index contributed by atoms with van der Waals surface area (Å²) < 4.78 is 0. The highest BCUT2D eigenvalue weighted by Crippen LogP contribution is 2.51. The Labute approximate surface area is 131 Å². The Morgan fingerprint density at radius 3 is 2.19 bits per heavy atom. The van der Waals surface area contributed by atoms with Crippen LogP contribution in [0.3, 0.4) is 0 Å². The molecule has 4 aliphatic rings. The molecule has 0 nitrogen and oxygen atoms in total. The van der Waals surface area contributed by atoms with Crippen LogP contribution in [0, 0.1) is 17.8 Å². The molecule has 1 unspecified atom stereocenters. The van der Waals surface area contributed by atoms with Gasteiger partial charge in [-0.1, -0.05) is 61.3 Å². The van der Waals surface area contributed by atoms with Crippen molar-refractivity contribution in [1.29, 1.82) is 0 Å². The largest absolute Gasteiger partial charge is 0.170 e. The first kappa shape index (κ1) is 13.9. The van der Waals surface area contributed by atoms with E-state index >= 15 is 0 Å². The zero-order valence-corrected chi connectivity index (χ0v) is 14.4. The fourth-order valence-corrected chi connectivity index (χ4v) is 7.32. The fraction of sp³-hybridized carbons (Fsp3) is 0.579. The van der Waals surface area contributed by atoms with Crippen molar-refractivity contribution in [2.45, 2.75) is 51.4 Å². The van der Waals surface area contributed by atoms with Crippen LogP contribution in [0.1, 0.15) is 31.2 Å². The van der Waals surface area contributed by atoms with E-state index in [1.807, 2.05) is 5.47 Å². The summed E-state index contributed by atoms with van der Waals surface area (Å²) in [7, 11) is -0.401. The molecular weight excluding hydrogens is 267 g/mol. The van der Waals surface area contributed by atoms with E-state index in [1.54, 1.807) is 11.6 Å². The molecule has 0 N–H and O–H groups in total. The van der Waals surface area contributed by atoms with Crippen molar-refractivity contribution in [3.63, 3.8) is 0 Å². The molecule has 21 heavy (non-hydrogen) atoms. The van der Waals surface area contributed by atoms with Crippen molar-refractivity contribution >= 4 is 20.7 Å². The van der Waals surface area contributed by atoms with Crippen LogP contribution in [-0.2, 0) is 0 Å². The monoisotopic (exact) mass is 293 g/mol. The lowest BCUT2D eigenvalue weighted by atomic mass is 9.34. The van der Waals surface area contributed by atoms with Crippen LogP contribution < -0.4 is 0 Å². The Morgan fingerprint density at radius 2 is 1.57 bits per heavy atom. The third kappa shape index (κ3) is 2.56. The predicted octanol–water partition coefficient (Wildman–Crippen LogP) is 5.22. The highest BCUT2D eigenvalue weighted by molar-refractivity contribution is 6.82. The van der Waals surface area contributed by atoms with Crippen molar-refractivity contribution in [1.82, 2.24) is 0 Å². The lowest BCUT2D eigenvalue weighted by Gasteiger charge is -2.37. The molecule has 0 aromatic heterocycles. The minimum atomic E-state index is -0.401. The molecule has 0 spiro atoms. The molecule has 1 saturated carbocycles. The number of fused-ring (bicyclic) bond motifs is 1. The first-order valence-electron chi connectivity index (χ1n) is 8.79. The molecule has 3 heterocycles. The van der Waals surface area contributed by atoms with Crippen LogP contribution >= 0.6 is 0 Å². The zero-order valence-electron chi connectivity index (χ0n) is 13.4. The van der Waals surface area contributed by atoms with Crippen LogP contribution in [0.2, 0.25) is 25.7 Å². The predicted molar refractivity (Wildman–Crippen MR) is 95.2 cm³/mol. The number of hydrogen-bond donors (Lipinski definition) is 0. The summed E-state index contributed by atoms with van der Waals surface area (Å²) in [6.07, 6.45) is 9.07. The van der Waals surface area contributed by atoms with Gasteiger partial charge in [0.05, 0.1) is 8.80 Å². The maximum atomic E-state index is 2.50. The second-order valence-corrected chi connectivity index (χ2v) is 10.4. The molecule has 0 amide bonds. The molecule has 3 aliphatic heterocycles. The summed E-state index contributed by atoms with van der Waals surface area (Å²) in [5.74, 6) is 3.13. The van der Waals surface area contributed by atoms with Crippen LogP contribution in [0.4, 0.5) is 0 Å². The maximum Gasteiger partial charge on any atom is 0.170 e. The van der Waals surface area contributed by atoms with Gasteiger partial charge in [0.2, 0.25) is 0 Å². The van der Waals surface area contributed by atoms with E-state index in [0.29, 0.717) is 0 Å². The van der Waals surface area contributed by atoms with E-state index in [9.17, 15) is 0 Å². The second kappa shape index (κ2) is 5.46. The van der Waals surface area contributed by atoms with Crippen LogP contribution in [0.15, 0.2) is 35.8 Å². The van der Waals surface area contributed by atoms with Gasteiger partial charge in [0.25, 0.3) is 0 Å². The molecule has 109 valence electrons. The Bertz CT molecular complexity index is 534. The number of hydrogen-bond acceptors (Lipinski definition) is 0. The highest BCUT2D eigenvalue weighted by Gasteiger charge is 2.43. The van der Waals surface area contributed by atoms with E-state index in [4.69, 9.17) is 0 Å². The summed E-state index contributed by atoms with van der Waals surface area (Å²) in [6, 6.07) is 11.3. The van der Waals surface area contributed by atoms with Crippen molar-refractivity contribution in [3.05, 3.63) is 41.4 Å². The Kier molecular flexibility index (Phi) is 3.61. The van der Waals surface area contributed by atoms with E-state index in [1.165, 1.54) is 37.5 Å². The molecule has 1 aliphatic carbocycles. The van der Waals surface area contributed by atoms with Crippen molar-refractivity contribution in [2.24, 2.45) is 17.8 Å². The molecule has 5 rings (SSSR count). The third-order valence-corrected chi connectivity index (χ3v) is 7.73. The van der Waals surface area contributed by atoms with Gasteiger partial charge in [-0.15, -0.1) is 5.47 Å². The summed E-state index contributed by atoms with van der Waals surface area (Å²) in [4.78, 5) is 0. The molecular formula is C19H26BSi. The quantitative estimate of drug-likeness (QED) is 0.656. The number of rotatable bonds is 2. The van der Waals surface area contributed by atoms with E-state index < -0.39 is 8.80 Å². The molecule has 3 atom stereocenters. The molecule has 4 bridgehead atoms. The van der Waals surface area contributed by atoms with Gasteiger partial charge in [0.15, 0.2) is 6.71 Å². The summed E-state index contributed by atoms with van der Waals surface area (Å²) in [5, 5.41) is 1.79. The Hall–Kier alpha value is -0.758. The number of benzene rings is 1. The van der Waals surface area contributed by atoms with Gasteiger partial charge in [-0.2, -0.15) is 0 Å². The molecule has 3 saturated heterocycles.